The van der Waals surface area contributed by atoms with Crippen molar-refractivity contribution in [1.82, 2.24) is 15.1 Å². The Labute approximate surface area is 130 Å². The first kappa shape index (κ1) is 18.4. The smallest absolute Gasteiger partial charge is 0.325 e. The molecule has 0 aromatic carbocycles. The fourth-order valence-corrected chi connectivity index (χ4v) is 3.01. The molecule has 1 aliphatic rings. The van der Waals surface area contributed by atoms with E-state index in [1.54, 1.807) is 0 Å². The van der Waals surface area contributed by atoms with E-state index in [1.165, 1.54) is 7.11 Å². The lowest BCUT2D eigenvalue weighted by molar-refractivity contribution is -0.148. The molecule has 0 aromatic heterocycles. The number of piperazine rings is 1. The van der Waals surface area contributed by atoms with Crippen LogP contribution in [0.4, 0.5) is 0 Å². The molecule has 1 aliphatic heterocycles. The van der Waals surface area contributed by atoms with Gasteiger partial charge in [0, 0.05) is 37.8 Å². The number of nitrogens with zero attached hydrogens (tertiary/aromatic N) is 2. The van der Waals surface area contributed by atoms with Crippen molar-refractivity contribution in [3.05, 3.63) is 0 Å². The highest BCUT2D eigenvalue weighted by molar-refractivity contribution is 5.80. The minimum atomic E-state index is -0.615. The highest BCUT2D eigenvalue weighted by atomic mass is 16.5. The van der Waals surface area contributed by atoms with Crippen LogP contribution in [0.3, 0.4) is 0 Å². The number of ether oxygens (including phenoxy) is 1. The second-order valence-electron chi connectivity index (χ2n) is 7.38. The van der Waals surface area contributed by atoms with Gasteiger partial charge in [0.1, 0.15) is 5.54 Å². The molecule has 124 valence electrons. The van der Waals surface area contributed by atoms with E-state index in [1.807, 2.05) is 6.92 Å². The molecule has 0 aliphatic carbocycles. The van der Waals surface area contributed by atoms with Gasteiger partial charge in [0.15, 0.2) is 0 Å². The van der Waals surface area contributed by atoms with Crippen LogP contribution in [-0.2, 0) is 9.53 Å². The Morgan fingerprint density at radius 3 is 2.48 bits per heavy atom. The summed E-state index contributed by atoms with van der Waals surface area (Å²) in [4.78, 5) is 17.0. The van der Waals surface area contributed by atoms with E-state index < -0.39 is 5.54 Å². The third-order valence-electron chi connectivity index (χ3n) is 4.57. The molecule has 1 rings (SSSR count). The molecule has 0 bridgehead atoms. The fraction of sp³-hybridized carbons (Fsp3) is 0.938. The maximum atomic E-state index is 12.1. The standard InChI is InChI=1S/C16H33N3O2/c1-13(2)17-16(5,14(20)21-7)8-9-19-11-10-18(6)15(3,4)12-19/h13,17H,8-12H2,1-7H3. The number of nitrogens with one attached hydrogen (secondary N) is 1. The molecule has 1 heterocycles. The van der Waals surface area contributed by atoms with Crippen LogP contribution >= 0.6 is 0 Å². The van der Waals surface area contributed by atoms with Crippen molar-refractivity contribution < 1.29 is 9.53 Å². The predicted molar refractivity (Wildman–Crippen MR) is 86.5 cm³/mol. The third kappa shape index (κ3) is 4.94. The zero-order chi connectivity index (χ0) is 16.3. The van der Waals surface area contributed by atoms with Crippen molar-refractivity contribution >= 4 is 5.97 Å². The Balaban J connectivity index is 2.63. The lowest BCUT2D eigenvalue weighted by Gasteiger charge is -2.46. The summed E-state index contributed by atoms with van der Waals surface area (Å²) in [6, 6.07) is 0.248. The van der Waals surface area contributed by atoms with Crippen LogP contribution in [0.15, 0.2) is 0 Å². The number of hydrogen-bond donors (Lipinski definition) is 1. The number of esters is 1. The molecule has 5 heteroatoms. The maximum absolute atomic E-state index is 12.1. The van der Waals surface area contributed by atoms with Crippen LogP contribution < -0.4 is 5.32 Å². The van der Waals surface area contributed by atoms with Gasteiger partial charge in [-0.2, -0.15) is 0 Å². The lowest BCUT2D eigenvalue weighted by Crippen LogP contribution is -2.59. The van der Waals surface area contributed by atoms with E-state index in [2.05, 4.69) is 49.9 Å². The van der Waals surface area contributed by atoms with Crippen molar-refractivity contribution in [1.29, 1.82) is 0 Å². The van der Waals surface area contributed by atoms with E-state index in [-0.39, 0.29) is 17.6 Å². The van der Waals surface area contributed by atoms with Crippen LogP contribution in [0.2, 0.25) is 0 Å². The molecule has 21 heavy (non-hydrogen) atoms. The van der Waals surface area contributed by atoms with Crippen molar-refractivity contribution in [2.45, 2.75) is 58.2 Å². The first-order valence-electron chi connectivity index (χ1n) is 7.90. The number of likely N-dealkylation sites (N-methyl/N-ethyl adjacent to an activating group) is 1. The van der Waals surface area contributed by atoms with E-state index in [9.17, 15) is 4.79 Å². The maximum Gasteiger partial charge on any atom is 0.325 e. The van der Waals surface area contributed by atoms with E-state index in [0.717, 1.165) is 32.6 Å². The monoisotopic (exact) mass is 299 g/mol. The summed E-state index contributed by atoms with van der Waals surface area (Å²) >= 11 is 0. The fourth-order valence-electron chi connectivity index (χ4n) is 3.01. The summed E-state index contributed by atoms with van der Waals surface area (Å²) in [5.41, 5.74) is -0.429. The minimum Gasteiger partial charge on any atom is -0.468 e. The molecule has 1 atom stereocenters. The summed E-state index contributed by atoms with van der Waals surface area (Å²) in [6.07, 6.45) is 0.762. The molecule has 0 amide bonds. The highest BCUT2D eigenvalue weighted by Crippen LogP contribution is 2.21. The molecule has 1 saturated heterocycles. The number of methoxy groups -OCH3 is 1. The van der Waals surface area contributed by atoms with E-state index >= 15 is 0 Å². The van der Waals surface area contributed by atoms with E-state index in [0.29, 0.717) is 0 Å². The Bertz CT molecular complexity index is 357. The van der Waals surface area contributed by atoms with Crippen LogP contribution in [-0.4, -0.2) is 73.2 Å². The lowest BCUT2D eigenvalue weighted by atomic mass is 9.94. The van der Waals surface area contributed by atoms with Gasteiger partial charge in [-0.1, -0.05) is 0 Å². The SMILES string of the molecule is COC(=O)C(C)(CCN1CCN(C)C(C)(C)C1)NC(C)C. The molecular weight excluding hydrogens is 266 g/mol. The Morgan fingerprint density at radius 1 is 1.38 bits per heavy atom. The van der Waals surface area contributed by atoms with E-state index in [4.69, 9.17) is 4.74 Å². The molecule has 0 aromatic rings. The van der Waals surface area contributed by atoms with Crippen LogP contribution in [0, 0.1) is 0 Å². The highest BCUT2D eigenvalue weighted by Gasteiger charge is 2.37. The number of rotatable bonds is 6. The van der Waals surface area contributed by atoms with Gasteiger partial charge in [0.25, 0.3) is 0 Å². The van der Waals surface area contributed by atoms with Gasteiger partial charge in [-0.15, -0.1) is 0 Å². The van der Waals surface area contributed by atoms with Crippen molar-refractivity contribution in [3.8, 4) is 0 Å². The molecule has 1 unspecified atom stereocenters. The van der Waals surface area contributed by atoms with Gasteiger partial charge in [-0.25, -0.2) is 0 Å². The number of carbonyl (C=O) groups excluding carboxylic acids is 1. The molecule has 0 saturated carbocycles. The molecule has 1 N–H and O–H groups in total. The topological polar surface area (TPSA) is 44.8 Å². The van der Waals surface area contributed by atoms with Gasteiger partial charge in [0.05, 0.1) is 7.11 Å². The van der Waals surface area contributed by atoms with Crippen LogP contribution in [0.25, 0.3) is 0 Å². The molecule has 1 fully saturated rings. The zero-order valence-corrected chi connectivity index (χ0v) is 14.8. The van der Waals surface area contributed by atoms with Gasteiger partial charge in [0.2, 0.25) is 0 Å². The Kier molecular flexibility index (Phi) is 6.20. The summed E-state index contributed by atoms with van der Waals surface area (Å²) in [6.45, 7) is 14.7. The molecular formula is C16H33N3O2. The van der Waals surface area contributed by atoms with Gasteiger partial charge in [-0.05, 0) is 48.1 Å². The second kappa shape index (κ2) is 7.07. The number of carbonyl (C=O) groups is 1. The number of hydrogen-bond acceptors (Lipinski definition) is 5. The molecule has 5 nitrogen and oxygen atoms in total. The first-order chi connectivity index (χ1) is 9.60. The van der Waals surface area contributed by atoms with Crippen molar-refractivity contribution in [2.24, 2.45) is 0 Å². The molecule has 0 spiro atoms. The van der Waals surface area contributed by atoms with Gasteiger partial charge < -0.3 is 9.64 Å². The zero-order valence-electron chi connectivity index (χ0n) is 14.8. The van der Waals surface area contributed by atoms with Crippen LogP contribution in [0.5, 0.6) is 0 Å². The predicted octanol–water partition coefficient (Wildman–Crippen LogP) is 1.33. The van der Waals surface area contributed by atoms with Crippen molar-refractivity contribution in [3.63, 3.8) is 0 Å². The molecule has 0 radical (unpaired) electrons. The van der Waals surface area contributed by atoms with Crippen LogP contribution in [0.1, 0.15) is 41.0 Å². The normalized spacial score (nSPS) is 23.0. The minimum absolute atomic E-state index is 0.176. The summed E-state index contributed by atoms with van der Waals surface area (Å²) < 4.78 is 4.99. The summed E-state index contributed by atoms with van der Waals surface area (Å²) in [5, 5.41) is 3.36. The second-order valence-corrected chi connectivity index (χ2v) is 7.38. The Hall–Kier alpha value is -0.650. The third-order valence-corrected chi connectivity index (χ3v) is 4.57. The largest absolute Gasteiger partial charge is 0.468 e. The quantitative estimate of drug-likeness (QED) is 0.750. The average molecular weight is 299 g/mol. The Morgan fingerprint density at radius 2 is 2.00 bits per heavy atom. The average Bonchev–Trinajstić information content (AvgIpc) is 2.38. The van der Waals surface area contributed by atoms with Gasteiger partial charge in [-0.3, -0.25) is 15.0 Å². The first-order valence-corrected chi connectivity index (χ1v) is 7.90. The summed E-state index contributed by atoms with van der Waals surface area (Å²) in [7, 11) is 3.64. The van der Waals surface area contributed by atoms with Gasteiger partial charge >= 0.3 is 5.97 Å². The van der Waals surface area contributed by atoms with Crippen molar-refractivity contribution in [2.75, 3.05) is 40.3 Å². The summed E-state index contributed by atoms with van der Waals surface area (Å²) in [5.74, 6) is -0.176.